The average molecular weight is 448 g/mol. The van der Waals surface area contributed by atoms with Crippen molar-refractivity contribution >= 4 is 50.1 Å². The zero-order valence-corrected chi connectivity index (χ0v) is 16.7. The Morgan fingerprint density at radius 2 is 1.85 bits per heavy atom. The van der Waals surface area contributed by atoms with E-state index in [1.807, 2.05) is 30.3 Å². The van der Waals surface area contributed by atoms with E-state index >= 15 is 0 Å². The summed E-state index contributed by atoms with van der Waals surface area (Å²) >= 11 is 9.43. The van der Waals surface area contributed by atoms with Crippen molar-refractivity contribution in [2.45, 2.75) is 6.42 Å². The van der Waals surface area contributed by atoms with Gasteiger partial charge in [0.25, 0.3) is 5.91 Å². The van der Waals surface area contributed by atoms with Crippen molar-refractivity contribution in [2.24, 2.45) is 0 Å². The molecule has 0 atom stereocenters. The topological polar surface area (TPSA) is 67.4 Å². The zero-order chi connectivity index (χ0) is 19.4. The number of rotatable bonds is 4. The molecule has 27 heavy (non-hydrogen) atoms. The molecule has 3 aromatic carbocycles. The molecule has 0 unspecified atom stereocenters. The van der Waals surface area contributed by atoms with Crippen LogP contribution in [0.2, 0.25) is 5.02 Å². The Kier molecular flexibility index (Phi) is 5.98. The summed E-state index contributed by atoms with van der Waals surface area (Å²) in [7, 11) is 1.56. The fourth-order valence-electron chi connectivity index (χ4n) is 2.76. The summed E-state index contributed by atoms with van der Waals surface area (Å²) in [5.41, 5.74) is 5.83. The van der Waals surface area contributed by atoms with Crippen LogP contribution in [0.5, 0.6) is 5.75 Å². The fraction of sp³-hybridized carbons (Fsp3) is 0.100. The van der Waals surface area contributed by atoms with Crippen molar-refractivity contribution in [1.82, 2.24) is 10.9 Å². The van der Waals surface area contributed by atoms with Gasteiger partial charge in [-0.1, -0.05) is 51.8 Å². The normalized spacial score (nSPS) is 10.5. The molecule has 0 radical (unpaired) electrons. The molecule has 0 aliphatic rings. The number of nitrogens with one attached hydrogen (secondary N) is 2. The highest BCUT2D eigenvalue weighted by Crippen LogP contribution is 2.30. The minimum Gasteiger partial charge on any atom is -0.496 e. The first-order valence-electron chi connectivity index (χ1n) is 8.08. The van der Waals surface area contributed by atoms with Gasteiger partial charge in [0.05, 0.1) is 24.1 Å². The van der Waals surface area contributed by atoms with Gasteiger partial charge in [-0.2, -0.15) is 0 Å². The zero-order valence-electron chi connectivity index (χ0n) is 14.4. The van der Waals surface area contributed by atoms with Crippen molar-refractivity contribution in [3.8, 4) is 5.75 Å². The molecule has 0 aromatic heterocycles. The maximum Gasteiger partial charge on any atom is 0.271 e. The predicted octanol–water partition coefficient (Wildman–Crippen LogP) is 4.27. The minimum absolute atomic E-state index is 0.0466. The van der Waals surface area contributed by atoms with Crippen LogP contribution in [-0.2, 0) is 11.2 Å². The van der Waals surface area contributed by atoms with E-state index in [4.69, 9.17) is 16.3 Å². The Hall–Kier alpha value is -2.57. The van der Waals surface area contributed by atoms with Crippen molar-refractivity contribution < 1.29 is 14.3 Å². The summed E-state index contributed by atoms with van der Waals surface area (Å²) in [5.74, 6) is -0.246. The molecule has 0 aliphatic heterocycles. The SMILES string of the molecule is COc1ccc2cc(Br)ccc2c1CC(=O)NNC(=O)c1ccccc1Cl. The van der Waals surface area contributed by atoms with Crippen LogP contribution >= 0.6 is 27.5 Å². The van der Waals surface area contributed by atoms with Crippen LogP contribution in [0.15, 0.2) is 59.1 Å². The van der Waals surface area contributed by atoms with Gasteiger partial charge in [-0.3, -0.25) is 20.4 Å². The molecule has 0 heterocycles. The van der Waals surface area contributed by atoms with Gasteiger partial charge in [0.2, 0.25) is 5.91 Å². The second-order valence-corrected chi connectivity index (χ2v) is 7.09. The van der Waals surface area contributed by atoms with Crippen LogP contribution in [-0.4, -0.2) is 18.9 Å². The number of amides is 2. The number of halogens is 2. The summed E-state index contributed by atoms with van der Waals surface area (Å²) in [6.45, 7) is 0. The van der Waals surface area contributed by atoms with Crippen LogP contribution in [0, 0.1) is 0 Å². The number of hydrazine groups is 1. The second-order valence-electron chi connectivity index (χ2n) is 5.77. The van der Waals surface area contributed by atoms with Gasteiger partial charge in [0.15, 0.2) is 0 Å². The van der Waals surface area contributed by atoms with E-state index < -0.39 is 5.91 Å². The highest BCUT2D eigenvalue weighted by atomic mass is 79.9. The van der Waals surface area contributed by atoms with Crippen LogP contribution in [0.4, 0.5) is 0 Å². The third-order valence-corrected chi connectivity index (χ3v) is 4.86. The van der Waals surface area contributed by atoms with Crippen LogP contribution in [0.1, 0.15) is 15.9 Å². The van der Waals surface area contributed by atoms with Crippen LogP contribution < -0.4 is 15.6 Å². The standard InChI is InChI=1S/C20H16BrClN2O3/c1-27-18-9-6-12-10-13(21)7-8-14(12)16(18)11-19(25)23-24-20(26)15-4-2-3-5-17(15)22/h2-10H,11H2,1H3,(H,23,25)(H,24,26). The highest BCUT2D eigenvalue weighted by molar-refractivity contribution is 9.10. The number of ether oxygens (including phenoxy) is 1. The molecule has 5 nitrogen and oxygen atoms in total. The molecule has 2 amide bonds. The first-order valence-corrected chi connectivity index (χ1v) is 9.25. The third kappa shape index (κ3) is 4.40. The molecule has 3 aromatic rings. The number of carbonyl (C=O) groups excluding carboxylic acids is 2. The molecule has 0 bridgehead atoms. The molecule has 0 aliphatic carbocycles. The predicted molar refractivity (Wildman–Crippen MR) is 109 cm³/mol. The Labute approximate surface area is 169 Å². The summed E-state index contributed by atoms with van der Waals surface area (Å²) in [6.07, 6.45) is 0.0466. The molecule has 3 rings (SSSR count). The average Bonchev–Trinajstić information content (AvgIpc) is 2.66. The minimum atomic E-state index is -0.484. The second kappa shape index (κ2) is 8.41. The smallest absolute Gasteiger partial charge is 0.271 e. The molecular formula is C20H16BrClN2O3. The highest BCUT2D eigenvalue weighted by Gasteiger charge is 2.15. The van der Waals surface area contributed by atoms with Gasteiger partial charge in [0, 0.05) is 10.0 Å². The van der Waals surface area contributed by atoms with Crippen molar-refractivity contribution in [3.05, 3.63) is 75.2 Å². The summed E-state index contributed by atoms with van der Waals surface area (Å²) in [6, 6.07) is 16.2. The maximum absolute atomic E-state index is 12.4. The van der Waals surface area contributed by atoms with Gasteiger partial charge < -0.3 is 4.74 Å². The Morgan fingerprint density at radius 3 is 2.59 bits per heavy atom. The lowest BCUT2D eigenvalue weighted by Crippen LogP contribution is -2.42. The van der Waals surface area contributed by atoms with Gasteiger partial charge in [-0.05, 0) is 41.1 Å². The molecular weight excluding hydrogens is 432 g/mol. The Morgan fingerprint density at radius 1 is 1.07 bits per heavy atom. The van der Waals surface area contributed by atoms with E-state index in [-0.39, 0.29) is 17.9 Å². The number of fused-ring (bicyclic) bond motifs is 1. The molecule has 0 spiro atoms. The molecule has 0 saturated carbocycles. The van der Waals surface area contributed by atoms with Crippen molar-refractivity contribution in [3.63, 3.8) is 0 Å². The number of hydrogen-bond donors (Lipinski definition) is 2. The van der Waals surface area contributed by atoms with Gasteiger partial charge in [0.1, 0.15) is 5.75 Å². The lowest BCUT2D eigenvalue weighted by Gasteiger charge is -2.13. The van der Waals surface area contributed by atoms with Gasteiger partial charge >= 0.3 is 0 Å². The van der Waals surface area contributed by atoms with Crippen molar-refractivity contribution in [2.75, 3.05) is 7.11 Å². The molecule has 138 valence electrons. The van der Waals surface area contributed by atoms with E-state index in [9.17, 15) is 9.59 Å². The quantitative estimate of drug-likeness (QED) is 0.587. The number of carbonyl (C=O) groups is 2. The maximum atomic E-state index is 12.4. The van der Waals surface area contributed by atoms with E-state index in [1.165, 1.54) is 0 Å². The first kappa shape index (κ1) is 19.2. The molecule has 7 heteroatoms. The van der Waals surface area contributed by atoms with E-state index in [0.29, 0.717) is 10.8 Å². The van der Waals surface area contributed by atoms with E-state index in [1.54, 1.807) is 31.4 Å². The number of hydrogen-bond acceptors (Lipinski definition) is 3. The van der Waals surface area contributed by atoms with Crippen LogP contribution in [0.3, 0.4) is 0 Å². The first-order chi connectivity index (χ1) is 13.0. The summed E-state index contributed by atoms with van der Waals surface area (Å²) in [5, 5.41) is 2.20. The number of methoxy groups -OCH3 is 1. The molecule has 0 fully saturated rings. The van der Waals surface area contributed by atoms with E-state index in [0.717, 1.165) is 20.8 Å². The third-order valence-electron chi connectivity index (χ3n) is 4.04. The largest absolute Gasteiger partial charge is 0.496 e. The summed E-state index contributed by atoms with van der Waals surface area (Å²) in [4.78, 5) is 24.5. The lowest BCUT2D eigenvalue weighted by molar-refractivity contribution is -0.121. The van der Waals surface area contributed by atoms with Gasteiger partial charge in [-0.15, -0.1) is 0 Å². The fourth-order valence-corrected chi connectivity index (χ4v) is 3.36. The van der Waals surface area contributed by atoms with E-state index in [2.05, 4.69) is 26.8 Å². The van der Waals surface area contributed by atoms with Crippen molar-refractivity contribution in [1.29, 1.82) is 0 Å². The Balaban J connectivity index is 1.76. The Bertz CT molecular complexity index is 1020. The molecule has 2 N–H and O–H groups in total. The van der Waals surface area contributed by atoms with Crippen LogP contribution in [0.25, 0.3) is 10.8 Å². The summed E-state index contributed by atoms with van der Waals surface area (Å²) < 4.78 is 6.35. The van der Waals surface area contributed by atoms with Gasteiger partial charge in [-0.25, -0.2) is 0 Å². The lowest BCUT2D eigenvalue weighted by atomic mass is 10.0. The molecule has 0 saturated heterocycles. The number of benzene rings is 3. The monoisotopic (exact) mass is 446 g/mol.